The van der Waals surface area contributed by atoms with Crippen molar-refractivity contribution in [2.24, 2.45) is 5.92 Å². The van der Waals surface area contributed by atoms with Crippen LogP contribution in [0.5, 0.6) is 0 Å². The second-order valence-electron chi connectivity index (χ2n) is 7.25. The first kappa shape index (κ1) is 17.0. The van der Waals surface area contributed by atoms with Crippen LogP contribution in [-0.2, 0) is 0 Å². The number of nitrogens with zero attached hydrogens (tertiary/aromatic N) is 2. The molecule has 1 aromatic carbocycles. The first-order chi connectivity index (χ1) is 12.1. The van der Waals surface area contributed by atoms with Crippen LogP contribution in [0.2, 0.25) is 5.02 Å². The van der Waals surface area contributed by atoms with Gasteiger partial charge in [0.25, 0.3) is 5.91 Å². The van der Waals surface area contributed by atoms with E-state index >= 15 is 0 Å². The summed E-state index contributed by atoms with van der Waals surface area (Å²) in [5, 5.41) is 3.54. The highest BCUT2D eigenvalue weighted by Crippen LogP contribution is 2.36. The van der Waals surface area contributed by atoms with Crippen LogP contribution in [0.15, 0.2) is 23.6 Å². The monoisotopic (exact) mass is 374 g/mol. The van der Waals surface area contributed by atoms with Crippen molar-refractivity contribution in [1.29, 1.82) is 0 Å². The van der Waals surface area contributed by atoms with Crippen LogP contribution in [0, 0.1) is 12.8 Å². The first-order valence-corrected chi connectivity index (χ1v) is 10.4. The molecule has 25 heavy (non-hydrogen) atoms. The van der Waals surface area contributed by atoms with Gasteiger partial charge in [-0.05, 0) is 56.2 Å². The molecule has 2 fully saturated rings. The summed E-state index contributed by atoms with van der Waals surface area (Å²) in [5.41, 5.74) is 2.74. The summed E-state index contributed by atoms with van der Waals surface area (Å²) in [6.07, 6.45) is 7.41. The maximum Gasteiger partial charge on any atom is 0.273 e. The summed E-state index contributed by atoms with van der Waals surface area (Å²) in [7, 11) is 0. The van der Waals surface area contributed by atoms with Crippen LogP contribution < -0.4 is 0 Å². The number of rotatable bonds is 2. The van der Waals surface area contributed by atoms with Crippen LogP contribution in [0.3, 0.4) is 0 Å². The van der Waals surface area contributed by atoms with E-state index in [4.69, 9.17) is 11.6 Å². The van der Waals surface area contributed by atoms with E-state index < -0.39 is 0 Å². The number of fused-ring (bicyclic) bond motifs is 1. The molecule has 0 radical (unpaired) electrons. The maximum atomic E-state index is 13.1. The number of hydrogen-bond donors (Lipinski definition) is 0. The molecule has 0 bridgehead atoms. The number of aromatic nitrogens is 1. The quantitative estimate of drug-likeness (QED) is 0.688. The summed E-state index contributed by atoms with van der Waals surface area (Å²) in [4.78, 5) is 19.9. The van der Waals surface area contributed by atoms with Crippen molar-refractivity contribution in [3.8, 4) is 10.6 Å². The molecule has 2 aromatic rings. The van der Waals surface area contributed by atoms with E-state index in [0.717, 1.165) is 40.5 Å². The molecule has 4 rings (SSSR count). The van der Waals surface area contributed by atoms with Gasteiger partial charge in [0.15, 0.2) is 0 Å². The summed E-state index contributed by atoms with van der Waals surface area (Å²) in [6, 6.07) is 6.24. The lowest BCUT2D eigenvalue weighted by atomic mass is 9.78. The molecule has 1 aliphatic carbocycles. The Balaban J connectivity index is 1.58. The van der Waals surface area contributed by atoms with Gasteiger partial charge in [-0.15, -0.1) is 11.3 Å². The van der Waals surface area contributed by atoms with Gasteiger partial charge in [0, 0.05) is 28.6 Å². The number of aryl methyl sites for hydroxylation is 1. The number of halogens is 1. The second kappa shape index (κ2) is 7.08. The van der Waals surface area contributed by atoms with Gasteiger partial charge < -0.3 is 4.90 Å². The fourth-order valence-corrected chi connectivity index (χ4v) is 5.50. The fourth-order valence-electron chi connectivity index (χ4n) is 4.39. The molecule has 3 nitrogen and oxygen atoms in total. The number of benzene rings is 1. The van der Waals surface area contributed by atoms with Gasteiger partial charge in [-0.25, -0.2) is 4.98 Å². The van der Waals surface area contributed by atoms with Crippen LogP contribution >= 0.6 is 22.9 Å². The number of amides is 1. The highest BCUT2D eigenvalue weighted by molar-refractivity contribution is 7.13. The Morgan fingerprint density at radius 1 is 1.24 bits per heavy atom. The summed E-state index contributed by atoms with van der Waals surface area (Å²) in [6.45, 7) is 2.91. The molecular formula is C20H23ClN2OS. The van der Waals surface area contributed by atoms with E-state index in [1.165, 1.54) is 25.7 Å². The summed E-state index contributed by atoms with van der Waals surface area (Å²) in [5.74, 6) is 0.814. The van der Waals surface area contributed by atoms with Crippen LogP contribution in [-0.4, -0.2) is 28.4 Å². The number of likely N-dealkylation sites (tertiary alicyclic amines) is 1. The Morgan fingerprint density at radius 2 is 2.04 bits per heavy atom. The maximum absolute atomic E-state index is 13.1. The van der Waals surface area contributed by atoms with Crippen molar-refractivity contribution in [1.82, 2.24) is 9.88 Å². The van der Waals surface area contributed by atoms with Crippen molar-refractivity contribution in [2.75, 3.05) is 6.54 Å². The van der Waals surface area contributed by atoms with E-state index in [9.17, 15) is 4.79 Å². The number of piperidine rings is 1. The van der Waals surface area contributed by atoms with Gasteiger partial charge in [0.2, 0.25) is 0 Å². The highest BCUT2D eigenvalue weighted by atomic mass is 35.5. The SMILES string of the molecule is Cc1cc(Cl)ccc1-c1nc(C(=O)N2CCCC3CCCCC32)cs1. The highest BCUT2D eigenvalue weighted by Gasteiger charge is 2.36. The standard InChI is InChI=1S/C20H23ClN2OS/c1-13-11-15(21)8-9-16(13)19-22-17(12-25-19)20(24)23-10-4-6-14-5-2-3-7-18(14)23/h8-9,11-12,14,18H,2-7,10H2,1H3. The molecule has 2 aliphatic rings. The van der Waals surface area contributed by atoms with E-state index in [-0.39, 0.29) is 5.91 Å². The van der Waals surface area contributed by atoms with Gasteiger partial charge >= 0.3 is 0 Å². The lowest BCUT2D eigenvalue weighted by Crippen LogP contribution is -2.49. The molecule has 5 heteroatoms. The van der Waals surface area contributed by atoms with Gasteiger partial charge in [-0.2, -0.15) is 0 Å². The van der Waals surface area contributed by atoms with Crippen molar-refractivity contribution >= 4 is 28.8 Å². The predicted octanol–water partition coefficient (Wildman–Crippen LogP) is 5.57. The summed E-state index contributed by atoms with van der Waals surface area (Å²) < 4.78 is 0. The number of thiazole rings is 1. The van der Waals surface area contributed by atoms with E-state index in [0.29, 0.717) is 17.7 Å². The van der Waals surface area contributed by atoms with Gasteiger partial charge in [-0.1, -0.05) is 30.5 Å². The Hall–Kier alpha value is -1.39. The van der Waals surface area contributed by atoms with Crippen molar-refractivity contribution < 1.29 is 4.79 Å². The van der Waals surface area contributed by atoms with E-state index in [1.807, 2.05) is 30.5 Å². The molecule has 2 atom stereocenters. The summed E-state index contributed by atoms with van der Waals surface area (Å²) >= 11 is 7.59. The molecule has 1 saturated heterocycles. The Bertz CT molecular complexity index is 786. The van der Waals surface area contributed by atoms with Gasteiger partial charge in [-0.3, -0.25) is 4.79 Å². The average molecular weight is 375 g/mol. The first-order valence-electron chi connectivity index (χ1n) is 9.16. The van der Waals surface area contributed by atoms with Gasteiger partial charge in [0.1, 0.15) is 10.7 Å². The van der Waals surface area contributed by atoms with Crippen molar-refractivity contribution in [3.05, 3.63) is 39.9 Å². The molecule has 1 saturated carbocycles. The molecule has 1 aliphatic heterocycles. The minimum atomic E-state index is 0.116. The molecule has 2 heterocycles. The second-order valence-corrected chi connectivity index (χ2v) is 8.54. The molecule has 1 aromatic heterocycles. The molecule has 132 valence electrons. The number of hydrogen-bond acceptors (Lipinski definition) is 3. The number of carbonyl (C=O) groups is 1. The largest absolute Gasteiger partial charge is 0.334 e. The Labute approximate surface area is 158 Å². The van der Waals surface area contributed by atoms with Crippen molar-refractivity contribution in [2.45, 2.75) is 51.5 Å². The third-order valence-corrected chi connectivity index (χ3v) is 6.76. The minimum Gasteiger partial charge on any atom is -0.334 e. The average Bonchev–Trinajstić information content (AvgIpc) is 3.10. The zero-order valence-electron chi connectivity index (χ0n) is 14.5. The van der Waals surface area contributed by atoms with Crippen LogP contribution in [0.4, 0.5) is 0 Å². The molecule has 2 unspecified atom stereocenters. The lowest BCUT2D eigenvalue weighted by Gasteiger charge is -2.43. The van der Waals surface area contributed by atoms with E-state index in [2.05, 4.69) is 9.88 Å². The topological polar surface area (TPSA) is 33.2 Å². The van der Waals surface area contributed by atoms with Crippen LogP contribution in [0.1, 0.15) is 54.6 Å². The molecule has 1 amide bonds. The molecular weight excluding hydrogens is 352 g/mol. The minimum absolute atomic E-state index is 0.116. The lowest BCUT2D eigenvalue weighted by molar-refractivity contribution is 0.0386. The predicted molar refractivity (Wildman–Crippen MR) is 103 cm³/mol. The Morgan fingerprint density at radius 3 is 2.88 bits per heavy atom. The van der Waals surface area contributed by atoms with Crippen molar-refractivity contribution in [3.63, 3.8) is 0 Å². The molecule has 0 spiro atoms. The normalized spacial score (nSPS) is 23.4. The Kier molecular flexibility index (Phi) is 4.83. The fraction of sp³-hybridized carbons (Fsp3) is 0.500. The third-order valence-electron chi connectivity index (χ3n) is 5.65. The van der Waals surface area contributed by atoms with E-state index in [1.54, 1.807) is 11.3 Å². The molecule has 0 N–H and O–H groups in total. The zero-order chi connectivity index (χ0) is 17.4. The van der Waals surface area contributed by atoms with Crippen LogP contribution in [0.25, 0.3) is 10.6 Å². The number of carbonyl (C=O) groups excluding carboxylic acids is 1. The van der Waals surface area contributed by atoms with Gasteiger partial charge in [0.05, 0.1) is 0 Å². The third kappa shape index (κ3) is 3.34. The zero-order valence-corrected chi connectivity index (χ0v) is 16.1. The smallest absolute Gasteiger partial charge is 0.273 e.